The van der Waals surface area contributed by atoms with E-state index in [1.54, 1.807) is 12.3 Å². The first-order valence-corrected chi connectivity index (χ1v) is 10.6. The number of aliphatic imine (C=N–C) groups is 1. The maximum Gasteiger partial charge on any atom is 0.242 e. The van der Waals surface area contributed by atoms with E-state index in [-0.39, 0.29) is 47.4 Å². The van der Waals surface area contributed by atoms with E-state index in [4.69, 9.17) is 4.42 Å². The molecule has 162 valence electrons. The number of halogens is 1. The first-order valence-electron chi connectivity index (χ1n) is 9.09. The first kappa shape index (κ1) is 25.3. The fourth-order valence-electron chi connectivity index (χ4n) is 2.17. The number of rotatable bonds is 8. The maximum absolute atomic E-state index is 12.2. The van der Waals surface area contributed by atoms with Crippen molar-refractivity contribution in [2.24, 2.45) is 4.99 Å². The Morgan fingerprint density at radius 1 is 1.21 bits per heavy atom. The SMILES string of the molecule is CCNC(=NCc1ncc(C(C)(C)C)o1)NCCNS(=O)(=O)c1cccnc1.I. The van der Waals surface area contributed by atoms with Gasteiger partial charge in [-0.25, -0.2) is 23.1 Å². The highest BCUT2D eigenvalue weighted by Gasteiger charge is 2.19. The van der Waals surface area contributed by atoms with Crippen LogP contribution < -0.4 is 15.4 Å². The number of hydrogen-bond acceptors (Lipinski definition) is 6. The van der Waals surface area contributed by atoms with Gasteiger partial charge in [-0.05, 0) is 19.1 Å². The predicted molar refractivity (Wildman–Crippen MR) is 123 cm³/mol. The minimum Gasteiger partial charge on any atom is -0.443 e. The van der Waals surface area contributed by atoms with Gasteiger partial charge in [0.15, 0.2) is 5.96 Å². The highest BCUT2D eigenvalue weighted by Crippen LogP contribution is 2.22. The molecule has 2 heterocycles. The van der Waals surface area contributed by atoms with Crippen molar-refractivity contribution in [1.29, 1.82) is 0 Å². The number of pyridine rings is 1. The Kier molecular flexibility index (Phi) is 10.00. The topological polar surface area (TPSA) is 122 Å². The zero-order chi connectivity index (χ0) is 20.6. The molecule has 2 aromatic rings. The molecule has 0 fully saturated rings. The van der Waals surface area contributed by atoms with Crippen LogP contribution in [0.2, 0.25) is 0 Å². The monoisotopic (exact) mass is 536 g/mol. The number of guanidine groups is 1. The van der Waals surface area contributed by atoms with E-state index in [2.05, 4.69) is 51.1 Å². The van der Waals surface area contributed by atoms with Crippen LogP contribution in [0.3, 0.4) is 0 Å². The second-order valence-corrected chi connectivity index (χ2v) is 8.84. The molecule has 0 aliphatic rings. The van der Waals surface area contributed by atoms with Gasteiger partial charge in [0.2, 0.25) is 15.9 Å². The molecule has 0 aliphatic heterocycles. The quantitative estimate of drug-likeness (QED) is 0.204. The van der Waals surface area contributed by atoms with E-state index in [9.17, 15) is 8.42 Å². The van der Waals surface area contributed by atoms with Gasteiger partial charge in [0.25, 0.3) is 0 Å². The van der Waals surface area contributed by atoms with Crippen LogP contribution in [-0.2, 0) is 22.0 Å². The third kappa shape index (κ3) is 8.26. The van der Waals surface area contributed by atoms with Crippen molar-refractivity contribution < 1.29 is 12.8 Å². The number of aromatic nitrogens is 2. The number of nitrogens with zero attached hydrogens (tertiary/aromatic N) is 3. The smallest absolute Gasteiger partial charge is 0.242 e. The lowest BCUT2D eigenvalue weighted by Gasteiger charge is -2.13. The zero-order valence-corrected chi connectivity index (χ0v) is 20.2. The van der Waals surface area contributed by atoms with Gasteiger partial charge in [-0.1, -0.05) is 20.8 Å². The molecule has 11 heteroatoms. The first-order chi connectivity index (χ1) is 13.2. The molecule has 0 aromatic carbocycles. The van der Waals surface area contributed by atoms with Crippen LogP contribution in [-0.4, -0.2) is 44.0 Å². The van der Waals surface area contributed by atoms with Crippen LogP contribution in [0, 0.1) is 0 Å². The molecule has 0 bridgehead atoms. The van der Waals surface area contributed by atoms with Crippen molar-refractivity contribution in [2.45, 2.75) is 44.6 Å². The van der Waals surface area contributed by atoms with Gasteiger partial charge in [-0.15, -0.1) is 24.0 Å². The van der Waals surface area contributed by atoms with Gasteiger partial charge < -0.3 is 15.1 Å². The van der Waals surface area contributed by atoms with E-state index in [0.29, 0.717) is 24.9 Å². The van der Waals surface area contributed by atoms with Gasteiger partial charge in [0.05, 0.1) is 6.20 Å². The van der Waals surface area contributed by atoms with Crippen LogP contribution >= 0.6 is 24.0 Å². The molecule has 2 aromatic heterocycles. The molecule has 0 atom stereocenters. The van der Waals surface area contributed by atoms with Crippen molar-refractivity contribution in [3.63, 3.8) is 0 Å². The fraction of sp³-hybridized carbons (Fsp3) is 0.500. The summed E-state index contributed by atoms with van der Waals surface area (Å²) in [4.78, 5) is 12.6. The van der Waals surface area contributed by atoms with Crippen LogP contribution in [0.15, 0.2) is 45.0 Å². The summed E-state index contributed by atoms with van der Waals surface area (Å²) in [5.74, 6) is 1.89. The summed E-state index contributed by atoms with van der Waals surface area (Å²) in [6.07, 6.45) is 4.56. The Morgan fingerprint density at radius 3 is 2.55 bits per heavy atom. The molecule has 0 amide bonds. The maximum atomic E-state index is 12.2. The molecule has 0 saturated heterocycles. The number of hydrogen-bond donors (Lipinski definition) is 3. The van der Waals surface area contributed by atoms with Gasteiger partial charge >= 0.3 is 0 Å². The summed E-state index contributed by atoms with van der Waals surface area (Å²) in [7, 11) is -3.57. The van der Waals surface area contributed by atoms with E-state index < -0.39 is 10.0 Å². The highest BCUT2D eigenvalue weighted by molar-refractivity contribution is 14.0. The van der Waals surface area contributed by atoms with Gasteiger partial charge in [0, 0.05) is 37.4 Å². The molecule has 0 saturated carbocycles. The lowest BCUT2D eigenvalue weighted by Crippen LogP contribution is -2.41. The van der Waals surface area contributed by atoms with Gasteiger partial charge in [0.1, 0.15) is 17.2 Å². The Morgan fingerprint density at radius 2 is 1.97 bits per heavy atom. The highest BCUT2D eigenvalue weighted by atomic mass is 127. The van der Waals surface area contributed by atoms with E-state index in [1.807, 2.05) is 6.92 Å². The third-order valence-electron chi connectivity index (χ3n) is 3.66. The van der Waals surface area contributed by atoms with E-state index in [1.165, 1.54) is 18.5 Å². The molecule has 0 aliphatic carbocycles. The number of oxazole rings is 1. The van der Waals surface area contributed by atoms with Crippen LogP contribution in [0.25, 0.3) is 0 Å². The van der Waals surface area contributed by atoms with Crippen molar-refractivity contribution in [3.05, 3.63) is 42.4 Å². The molecule has 3 N–H and O–H groups in total. The Bertz CT molecular complexity index is 879. The van der Waals surface area contributed by atoms with Crippen molar-refractivity contribution in [1.82, 2.24) is 25.3 Å². The molecular formula is C18H29IN6O3S. The predicted octanol–water partition coefficient (Wildman–Crippen LogP) is 2.02. The van der Waals surface area contributed by atoms with Crippen molar-refractivity contribution >= 4 is 40.0 Å². The largest absolute Gasteiger partial charge is 0.443 e. The number of sulfonamides is 1. The molecule has 9 nitrogen and oxygen atoms in total. The lowest BCUT2D eigenvalue weighted by molar-refractivity contribution is 0.383. The standard InChI is InChI=1S/C18H28N6O3S.HI/c1-5-20-17(23-13-16-22-12-15(27-16)18(2,3)4)21-9-10-24-28(25,26)14-7-6-8-19-11-14;/h6-8,11-12,24H,5,9-10,13H2,1-4H3,(H2,20,21,23);1H. The fourth-order valence-corrected chi connectivity index (χ4v) is 3.17. The minimum absolute atomic E-state index is 0. The van der Waals surface area contributed by atoms with E-state index in [0.717, 1.165) is 5.76 Å². The summed E-state index contributed by atoms with van der Waals surface area (Å²) >= 11 is 0. The summed E-state index contributed by atoms with van der Waals surface area (Å²) in [5, 5.41) is 6.18. The summed E-state index contributed by atoms with van der Waals surface area (Å²) in [6, 6.07) is 3.08. The molecule has 2 rings (SSSR count). The average molecular weight is 536 g/mol. The molecule has 0 spiro atoms. The second-order valence-electron chi connectivity index (χ2n) is 7.08. The van der Waals surface area contributed by atoms with Gasteiger partial charge in [-0.2, -0.15) is 0 Å². The third-order valence-corrected chi connectivity index (χ3v) is 5.11. The Hall–Kier alpha value is -1.73. The Labute approximate surface area is 189 Å². The second kappa shape index (κ2) is 11.5. The molecule has 0 unspecified atom stereocenters. The average Bonchev–Trinajstić information content (AvgIpc) is 3.13. The summed E-state index contributed by atoms with van der Waals surface area (Å²) < 4.78 is 32.5. The van der Waals surface area contributed by atoms with Crippen LogP contribution in [0.1, 0.15) is 39.3 Å². The summed E-state index contributed by atoms with van der Waals surface area (Å²) in [6.45, 7) is 9.64. The van der Waals surface area contributed by atoms with Crippen molar-refractivity contribution in [3.8, 4) is 0 Å². The normalized spacial score (nSPS) is 12.3. The molecule has 0 radical (unpaired) electrons. The molecular weight excluding hydrogens is 507 g/mol. The van der Waals surface area contributed by atoms with Crippen molar-refractivity contribution in [2.75, 3.05) is 19.6 Å². The van der Waals surface area contributed by atoms with Gasteiger partial charge in [-0.3, -0.25) is 4.98 Å². The summed E-state index contributed by atoms with van der Waals surface area (Å²) in [5.41, 5.74) is -0.108. The number of nitrogens with one attached hydrogen (secondary N) is 3. The Balaban J connectivity index is 0.00000420. The van der Waals surface area contributed by atoms with Crippen LogP contribution in [0.5, 0.6) is 0 Å². The lowest BCUT2D eigenvalue weighted by atomic mass is 9.94. The minimum atomic E-state index is -3.57. The van der Waals surface area contributed by atoms with E-state index >= 15 is 0 Å². The molecule has 29 heavy (non-hydrogen) atoms. The van der Waals surface area contributed by atoms with Crippen LogP contribution in [0.4, 0.5) is 0 Å². The zero-order valence-electron chi connectivity index (χ0n) is 17.1.